The molecule has 1 aromatic heterocycles. The molecule has 19 heavy (non-hydrogen) atoms. The second-order valence-corrected chi connectivity index (χ2v) is 5.95. The molecule has 1 rings (SSSR count). The van der Waals surface area contributed by atoms with Crippen LogP contribution >= 0.6 is 11.6 Å². The zero-order valence-electron chi connectivity index (χ0n) is 10.7. The van der Waals surface area contributed by atoms with Crippen molar-refractivity contribution in [1.29, 1.82) is 0 Å². The van der Waals surface area contributed by atoms with E-state index in [1.165, 1.54) is 12.3 Å². The summed E-state index contributed by atoms with van der Waals surface area (Å²) in [6.07, 6.45) is 1.18. The number of rotatable bonds is 7. The summed E-state index contributed by atoms with van der Waals surface area (Å²) in [5, 5.41) is 0.128. The highest BCUT2D eigenvalue weighted by Crippen LogP contribution is 2.21. The van der Waals surface area contributed by atoms with Crippen LogP contribution in [0.5, 0.6) is 0 Å². The average molecular weight is 309 g/mol. The van der Waals surface area contributed by atoms with Crippen molar-refractivity contribution >= 4 is 27.4 Å². The summed E-state index contributed by atoms with van der Waals surface area (Å²) in [4.78, 5) is 3.79. The first-order valence-electron chi connectivity index (χ1n) is 5.63. The van der Waals surface area contributed by atoms with Crippen molar-refractivity contribution in [3.8, 4) is 0 Å². The van der Waals surface area contributed by atoms with E-state index in [9.17, 15) is 8.42 Å². The molecule has 0 amide bonds. The summed E-state index contributed by atoms with van der Waals surface area (Å²) in [5.74, 6) is 5.38. The number of pyridine rings is 1. The van der Waals surface area contributed by atoms with Gasteiger partial charge in [0.25, 0.3) is 0 Å². The Balaban J connectivity index is 2.85. The van der Waals surface area contributed by atoms with Crippen LogP contribution in [-0.4, -0.2) is 32.7 Å². The standard InChI is InChI=1S/C10H17ClN4O3S/c1-3-18-6-7(2)15-19(16,17)8-4-9(11)10(14-12)13-5-8/h4-5,7,15H,3,6,12H2,1-2H3,(H,13,14). The first kappa shape index (κ1) is 16.1. The Morgan fingerprint density at radius 3 is 2.79 bits per heavy atom. The zero-order valence-corrected chi connectivity index (χ0v) is 12.3. The fourth-order valence-electron chi connectivity index (χ4n) is 1.34. The van der Waals surface area contributed by atoms with Crippen molar-refractivity contribution in [2.45, 2.75) is 24.8 Å². The molecule has 0 bridgehead atoms. The van der Waals surface area contributed by atoms with E-state index < -0.39 is 10.0 Å². The molecule has 4 N–H and O–H groups in total. The van der Waals surface area contributed by atoms with Crippen molar-refractivity contribution in [1.82, 2.24) is 9.71 Å². The van der Waals surface area contributed by atoms with Gasteiger partial charge >= 0.3 is 0 Å². The number of nitrogens with two attached hydrogens (primary N) is 1. The van der Waals surface area contributed by atoms with E-state index >= 15 is 0 Å². The molecule has 1 unspecified atom stereocenters. The van der Waals surface area contributed by atoms with Crippen LogP contribution in [0.2, 0.25) is 5.02 Å². The van der Waals surface area contributed by atoms with Crippen molar-refractivity contribution in [2.24, 2.45) is 5.84 Å². The molecule has 0 saturated carbocycles. The first-order valence-corrected chi connectivity index (χ1v) is 7.49. The number of nitrogens with one attached hydrogen (secondary N) is 2. The summed E-state index contributed by atoms with van der Waals surface area (Å²) in [6, 6.07) is 0.926. The summed E-state index contributed by atoms with van der Waals surface area (Å²) in [5.41, 5.74) is 2.26. The Morgan fingerprint density at radius 2 is 2.26 bits per heavy atom. The second kappa shape index (κ2) is 7.01. The first-order chi connectivity index (χ1) is 8.90. The van der Waals surface area contributed by atoms with Gasteiger partial charge < -0.3 is 10.2 Å². The van der Waals surface area contributed by atoms with Gasteiger partial charge in [-0.25, -0.2) is 24.0 Å². The number of hydrazine groups is 1. The van der Waals surface area contributed by atoms with Gasteiger partial charge in [0.1, 0.15) is 4.90 Å². The van der Waals surface area contributed by atoms with Crippen LogP contribution < -0.4 is 16.0 Å². The molecule has 1 aromatic rings. The molecule has 0 aliphatic heterocycles. The number of nitrogens with zero attached hydrogens (tertiary/aromatic N) is 1. The van der Waals surface area contributed by atoms with Gasteiger partial charge in [0.05, 0.1) is 11.6 Å². The summed E-state index contributed by atoms with van der Waals surface area (Å²) < 4.78 is 31.7. The lowest BCUT2D eigenvalue weighted by atomic mass is 10.4. The molecule has 1 heterocycles. The number of aromatic nitrogens is 1. The molecule has 0 fully saturated rings. The third-order valence-corrected chi connectivity index (χ3v) is 4.04. The Morgan fingerprint density at radius 1 is 1.58 bits per heavy atom. The monoisotopic (exact) mass is 308 g/mol. The number of sulfonamides is 1. The van der Waals surface area contributed by atoms with Gasteiger partial charge in [-0.15, -0.1) is 0 Å². The normalized spacial score (nSPS) is 13.3. The molecule has 0 spiro atoms. The predicted molar refractivity (Wildman–Crippen MR) is 73.3 cm³/mol. The molecule has 1 atom stereocenters. The summed E-state index contributed by atoms with van der Waals surface area (Å²) in [7, 11) is -3.68. The number of hydrogen-bond donors (Lipinski definition) is 3. The van der Waals surface area contributed by atoms with Gasteiger partial charge in [0.2, 0.25) is 10.0 Å². The fraction of sp³-hybridized carbons (Fsp3) is 0.500. The minimum absolute atomic E-state index is 0.0279. The molecule has 108 valence electrons. The van der Waals surface area contributed by atoms with Crippen molar-refractivity contribution in [3.63, 3.8) is 0 Å². The van der Waals surface area contributed by atoms with E-state index in [1.54, 1.807) is 6.92 Å². The Kier molecular flexibility index (Phi) is 5.95. The van der Waals surface area contributed by atoms with Crippen LogP contribution in [0.1, 0.15) is 13.8 Å². The van der Waals surface area contributed by atoms with Crippen LogP contribution in [0.25, 0.3) is 0 Å². The maximum atomic E-state index is 12.0. The third-order valence-electron chi connectivity index (χ3n) is 2.19. The van der Waals surface area contributed by atoms with E-state index in [-0.39, 0.29) is 21.8 Å². The van der Waals surface area contributed by atoms with Crippen LogP contribution in [0.3, 0.4) is 0 Å². The van der Waals surface area contributed by atoms with E-state index in [1.807, 2.05) is 6.92 Å². The van der Waals surface area contributed by atoms with Crippen LogP contribution in [0.15, 0.2) is 17.2 Å². The summed E-state index contributed by atoms with van der Waals surface area (Å²) >= 11 is 5.83. The van der Waals surface area contributed by atoms with Gasteiger partial charge in [-0.2, -0.15) is 0 Å². The molecule has 0 aromatic carbocycles. The number of nitrogen functional groups attached to an aromatic ring is 1. The highest BCUT2D eigenvalue weighted by Gasteiger charge is 2.19. The second-order valence-electron chi connectivity index (χ2n) is 3.83. The van der Waals surface area contributed by atoms with Crippen LogP contribution in [0.4, 0.5) is 5.82 Å². The maximum Gasteiger partial charge on any atom is 0.242 e. The van der Waals surface area contributed by atoms with Crippen molar-refractivity contribution in [2.75, 3.05) is 18.6 Å². The molecule has 0 aliphatic rings. The summed E-state index contributed by atoms with van der Waals surface area (Å²) in [6.45, 7) is 4.36. The molecular weight excluding hydrogens is 292 g/mol. The van der Waals surface area contributed by atoms with Gasteiger partial charge in [-0.05, 0) is 19.9 Å². The smallest absolute Gasteiger partial charge is 0.242 e. The minimum Gasteiger partial charge on any atom is -0.380 e. The molecule has 0 aliphatic carbocycles. The topological polar surface area (TPSA) is 106 Å². The van der Waals surface area contributed by atoms with Gasteiger partial charge in [-0.1, -0.05) is 11.6 Å². The zero-order chi connectivity index (χ0) is 14.5. The maximum absolute atomic E-state index is 12.0. The number of ether oxygens (including phenoxy) is 1. The highest BCUT2D eigenvalue weighted by molar-refractivity contribution is 7.89. The Bertz CT molecular complexity index is 524. The quantitative estimate of drug-likeness (QED) is 0.506. The largest absolute Gasteiger partial charge is 0.380 e. The van der Waals surface area contributed by atoms with E-state index in [4.69, 9.17) is 22.2 Å². The van der Waals surface area contributed by atoms with Gasteiger partial charge in [0, 0.05) is 18.8 Å². The Hall–Kier alpha value is -0.930. The van der Waals surface area contributed by atoms with Gasteiger partial charge in [-0.3, -0.25) is 0 Å². The van der Waals surface area contributed by atoms with Gasteiger partial charge in [0.15, 0.2) is 5.82 Å². The van der Waals surface area contributed by atoms with Crippen LogP contribution in [0, 0.1) is 0 Å². The molecule has 7 nitrogen and oxygen atoms in total. The lowest BCUT2D eigenvalue weighted by molar-refractivity contribution is 0.133. The molecule has 0 radical (unpaired) electrons. The lowest BCUT2D eigenvalue weighted by Gasteiger charge is -2.14. The number of hydrogen-bond acceptors (Lipinski definition) is 6. The lowest BCUT2D eigenvalue weighted by Crippen LogP contribution is -2.36. The number of halogens is 1. The molecule has 0 saturated heterocycles. The Labute approximate surface area is 117 Å². The van der Waals surface area contributed by atoms with Crippen molar-refractivity contribution < 1.29 is 13.2 Å². The highest BCUT2D eigenvalue weighted by atomic mass is 35.5. The van der Waals surface area contributed by atoms with Crippen LogP contribution in [-0.2, 0) is 14.8 Å². The average Bonchev–Trinajstić information content (AvgIpc) is 2.35. The van der Waals surface area contributed by atoms with E-state index in [0.29, 0.717) is 13.2 Å². The number of anilines is 1. The van der Waals surface area contributed by atoms with E-state index in [2.05, 4.69) is 15.1 Å². The fourth-order valence-corrected chi connectivity index (χ4v) is 2.82. The SMILES string of the molecule is CCOCC(C)NS(=O)(=O)c1cnc(NN)c(Cl)c1. The predicted octanol–water partition coefficient (Wildman–Crippen LogP) is 0.724. The van der Waals surface area contributed by atoms with Crippen molar-refractivity contribution in [3.05, 3.63) is 17.3 Å². The van der Waals surface area contributed by atoms with E-state index in [0.717, 1.165) is 0 Å². The molecular formula is C10H17ClN4O3S. The molecule has 9 heteroatoms. The third kappa shape index (κ3) is 4.59. The minimum atomic E-state index is -3.68.